The molecule has 14 heteroatoms. The van der Waals surface area contributed by atoms with Gasteiger partial charge in [0.2, 0.25) is 0 Å². The third-order valence-corrected chi connectivity index (χ3v) is 9.48. The maximum absolute atomic E-state index is 9.17. The molecule has 6 rings (SSSR count). The summed E-state index contributed by atoms with van der Waals surface area (Å²) in [5.74, 6) is 2.45. The third-order valence-electron chi connectivity index (χ3n) is 9.48. The van der Waals surface area contributed by atoms with Gasteiger partial charge in [0.15, 0.2) is 12.6 Å². The minimum absolute atomic E-state index is 0.217. The van der Waals surface area contributed by atoms with E-state index in [0.29, 0.717) is 80.2 Å². The van der Waals surface area contributed by atoms with E-state index >= 15 is 0 Å². The topological polar surface area (TPSA) is 140 Å². The van der Waals surface area contributed by atoms with E-state index in [-0.39, 0.29) is 13.2 Å². The Kier molecular flexibility index (Phi) is 15.2. The van der Waals surface area contributed by atoms with Gasteiger partial charge in [-0.05, 0) is 122 Å². The molecule has 0 amide bonds. The number of benzene rings is 4. The van der Waals surface area contributed by atoms with Crippen molar-refractivity contribution in [3.8, 4) is 35.1 Å². The van der Waals surface area contributed by atoms with Crippen molar-refractivity contribution >= 4 is 25.2 Å². The zero-order valence-electron chi connectivity index (χ0n) is 32.9. The summed E-state index contributed by atoms with van der Waals surface area (Å²) in [4.78, 5) is 0. The van der Waals surface area contributed by atoms with Crippen molar-refractivity contribution in [1.29, 1.82) is 10.5 Å². The molecule has 2 unspecified atom stereocenters. The first-order chi connectivity index (χ1) is 27.8. The molecule has 0 N–H and O–H groups in total. The molecule has 2 heterocycles. The fourth-order valence-electron chi connectivity index (χ4n) is 6.50. The van der Waals surface area contributed by atoms with E-state index in [1.165, 1.54) is 0 Å². The van der Waals surface area contributed by atoms with E-state index in [2.05, 4.69) is 19.1 Å². The third kappa shape index (κ3) is 11.9. The summed E-state index contributed by atoms with van der Waals surface area (Å²) < 4.78 is 61.3. The van der Waals surface area contributed by atoms with Crippen LogP contribution in [0.4, 0.5) is 0 Å². The van der Waals surface area contributed by atoms with E-state index in [1.54, 1.807) is 48.5 Å². The highest BCUT2D eigenvalue weighted by molar-refractivity contribution is 6.62. The molecule has 2 atom stereocenters. The summed E-state index contributed by atoms with van der Waals surface area (Å²) in [5, 5.41) is 18.3. The fourth-order valence-corrected chi connectivity index (χ4v) is 6.50. The van der Waals surface area contributed by atoms with Gasteiger partial charge in [-0.3, -0.25) is 0 Å². The lowest BCUT2D eigenvalue weighted by Gasteiger charge is -2.38. The van der Waals surface area contributed by atoms with Crippen LogP contribution in [-0.2, 0) is 50.8 Å². The summed E-state index contributed by atoms with van der Waals surface area (Å²) in [5.41, 5.74) is 4.06. The molecule has 4 aromatic rings. The highest BCUT2D eigenvalue weighted by atomic mass is 16.7. The molecule has 296 valence electrons. The standard InChI is InChI=1S/C43H48B2N2O10/c1-5-48-31(3)50-27-34-22-38(56-36-12-8-32(25-46)9-13-36)17-19-41(34)45-54-29-43(4,30-55-45)24-42(49-6-2)51-28-35-23-39(57-37-14-10-33(26-47)11-15-37)16-18-40(35)44-52-20-7-21-53-44/h8-19,22-23,31,42H,5-7,20-21,24,27-30H2,1-4H3. The van der Waals surface area contributed by atoms with Gasteiger partial charge < -0.3 is 47.0 Å². The zero-order chi connectivity index (χ0) is 40.0. The number of hydrogen-bond donors (Lipinski definition) is 0. The number of hydrogen-bond acceptors (Lipinski definition) is 12. The van der Waals surface area contributed by atoms with Gasteiger partial charge in [-0.1, -0.05) is 19.1 Å². The van der Waals surface area contributed by atoms with E-state index in [4.69, 9.17) is 52.3 Å². The van der Waals surface area contributed by atoms with Crippen molar-refractivity contribution in [2.24, 2.45) is 5.41 Å². The molecule has 57 heavy (non-hydrogen) atoms. The molecular formula is C43H48B2N2O10. The van der Waals surface area contributed by atoms with Gasteiger partial charge in [0.1, 0.15) is 23.0 Å². The molecule has 0 bridgehead atoms. The van der Waals surface area contributed by atoms with Crippen LogP contribution in [0.2, 0.25) is 0 Å². The van der Waals surface area contributed by atoms with Crippen LogP contribution >= 0.6 is 0 Å². The molecule has 0 spiro atoms. The summed E-state index contributed by atoms with van der Waals surface area (Å²) in [7, 11) is -1.15. The first-order valence-corrected chi connectivity index (χ1v) is 19.3. The van der Waals surface area contributed by atoms with Crippen molar-refractivity contribution in [2.45, 2.75) is 66.3 Å². The summed E-state index contributed by atoms with van der Waals surface area (Å²) >= 11 is 0. The van der Waals surface area contributed by atoms with Crippen molar-refractivity contribution in [3.05, 3.63) is 107 Å². The Morgan fingerprint density at radius 1 is 0.632 bits per heavy atom. The van der Waals surface area contributed by atoms with Crippen molar-refractivity contribution in [2.75, 3.05) is 39.6 Å². The van der Waals surface area contributed by atoms with Gasteiger partial charge in [0.25, 0.3) is 0 Å². The molecule has 2 saturated heterocycles. The highest BCUT2D eigenvalue weighted by Crippen LogP contribution is 2.32. The van der Waals surface area contributed by atoms with Crippen LogP contribution in [0.15, 0.2) is 84.9 Å². The quantitative estimate of drug-likeness (QED) is 0.0779. The van der Waals surface area contributed by atoms with Crippen LogP contribution in [0, 0.1) is 28.1 Å². The lowest BCUT2D eigenvalue weighted by Crippen LogP contribution is -2.50. The van der Waals surface area contributed by atoms with Gasteiger partial charge in [0.05, 0.1) is 36.5 Å². The van der Waals surface area contributed by atoms with Gasteiger partial charge in [-0.2, -0.15) is 10.5 Å². The summed E-state index contributed by atoms with van der Waals surface area (Å²) in [6.45, 7) is 11.3. The number of rotatable bonds is 18. The Bertz CT molecular complexity index is 1970. The van der Waals surface area contributed by atoms with Crippen molar-refractivity contribution < 1.29 is 47.0 Å². The first kappa shape index (κ1) is 41.9. The zero-order valence-corrected chi connectivity index (χ0v) is 32.9. The SMILES string of the molecule is CCOC(C)OCc1cc(Oc2ccc(C#N)cc2)ccc1B1OCC(C)(CC(OCC)OCc2cc(Oc3ccc(C#N)cc3)ccc2B2OCCCO2)CO1. The van der Waals surface area contributed by atoms with Gasteiger partial charge in [-0.25, -0.2) is 0 Å². The molecule has 2 aliphatic rings. The summed E-state index contributed by atoms with van der Waals surface area (Å²) in [6, 6.07) is 29.6. The average molecular weight is 774 g/mol. The maximum atomic E-state index is 9.17. The average Bonchev–Trinajstić information content (AvgIpc) is 3.23. The maximum Gasteiger partial charge on any atom is 0.494 e. The van der Waals surface area contributed by atoms with Gasteiger partial charge >= 0.3 is 14.2 Å². The Hall–Kier alpha value is -4.73. The first-order valence-electron chi connectivity index (χ1n) is 19.3. The molecule has 4 aromatic carbocycles. The van der Waals surface area contributed by atoms with Crippen molar-refractivity contribution in [1.82, 2.24) is 0 Å². The molecule has 0 aliphatic carbocycles. The summed E-state index contributed by atoms with van der Waals surface area (Å²) in [6.07, 6.45) is 0.379. The lowest BCUT2D eigenvalue weighted by atomic mass is 9.72. The van der Waals surface area contributed by atoms with Crippen LogP contribution in [0.3, 0.4) is 0 Å². The van der Waals surface area contributed by atoms with E-state index in [1.807, 2.05) is 57.2 Å². The van der Waals surface area contributed by atoms with E-state index < -0.39 is 32.2 Å². The minimum Gasteiger partial charge on any atom is -0.457 e. The normalized spacial score (nSPS) is 16.3. The Morgan fingerprint density at radius 2 is 1.11 bits per heavy atom. The van der Waals surface area contributed by atoms with Crippen LogP contribution < -0.4 is 20.4 Å². The predicted molar refractivity (Wildman–Crippen MR) is 213 cm³/mol. The Labute approximate surface area is 335 Å². The van der Waals surface area contributed by atoms with Crippen molar-refractivity contribution in [3.63, 3.8) is 0 Å². The lowest BCUT2D eigenvalue weighted by molar-refractivity contribution is -0.173. The second-order valence-electron chi connectivity index (χ2n) is 14.1. The largest absolute Gasteiger partial charge is 0.494 e. The number of nitrogens with zero attached hydrogens (tertiary/aromatic N) is 2. The minimum atomic E-state index is -0.633. The number of nitriles is 2. The molecule has 12 nitrogen and oxygen atoms in total. The predicted octanol–water partition coefficient (Wildman–Crippen LogP) is 6.76. The molecular weight excluding hydrogens is 726 g/mol. The van der Waals surface area contributed by atoms with Crippen LogP contribution in [-0.4, -0.2) is 66.5 Å². The van der Waals surface area contributed by atoms with Crippen LogP contribution in [0.5, 0.6) is 23.0 Å². The number of ether oxygens (including phenoxy) is 6. The second-order valence-corrected chi connectivity index (χ2v) is 14.1. The fraction of sp³-hybridized carbons (Fsp3) is 0.395. The van der Waals surface area contributed by atoms with Crippen LogP contribution in [0.25, 0.3) is 0 Å². The second kappa shape index (κ2) is 20.6. The van der Waals surface area contributed by atoms with Gasteiger partial charge in [0, 0.05) is 51.5 Å². The van der Waals surface area contributed by atoms with Gasteiger partial charge in [-0.15, -0.1) is 0 Å². The monoisotopic (exact) mass is 774 g/mol. The molecule has 2 aliphatic heterocycles. The smallest absolute Gasteiger partial charge is 0.457 e. The Morgan fingerprint density at radius 3 is 1.60 bits per heavy atom. The molecule has 0 saturated carbocycles. The van der Waals surface area contributed by atoms with E-state index in [9.17, 15) is 5.26 Å². The van der Waals surface area contributed by atoms with Crippen LogP contribution in [0.1, 0.15) is 62.8 Å². The Balaban J connectivity index is 1.12. The highest BCUT2D eigenvalue weighted by Gasteiger charge is 2.40. The molecule has 0 aromatic heterocycles. The van der Waals surface area contributed by atoms with E-state index in [0.717, 1.165) is 28.5 Å². The molecule has 2 fully saturated rings. The molecule has 0 radical (unpaired) electrons.